The zero-order valence-corrected chi connectivity index (χ0v) is 15.9. The highest BCUT2D eigenvalue weighted by Crippen LogP contribution is 2.40. The Balaban J connectivity index is 2.13. The van der Waals surface area contributed by atoms with E-state index < -0.39 is 10.1 Å². The van der Waals surface area contributed by atoms with Crippen molar-refractivity contribution in [3.63, 3.8) is 0 Å². The summed E-state index contributed by atoms with van der Waals surface area (Å²) in [4.78, 5) is -0.331. The summed E-state index contributed by atoms with van der Waals surface area (Å²) in [7, 11) is -2.64. The lowest BCUT2D eigenvalue weighted by atomic mass is 10.0. The van der Waals surface area contributed by atoms with Gasteiger partial charge in [-0.25, -0.2) is 0 Å². The van der Waals surface area contributed by atoms with E-state index in [9.17, 15) is 18.1 Å². The molecule has 0 bridgehead atoms. The molecule has 3 aromatic carbocycles. The molecule has 0 aliphatic heterocycles. The standard InChI is InChI=1S/C19H19N3O4S/c1-11-4-7-16(17(8-11)27(24,25)26)21-22-18-12(2)9-13-10-14(20-3)5-6-15(13)19(18)23/h4-10,20,23H,1-3H3,(H,24,25,26). The highest BCUT2D eigenvalue weighted by atomic mass is 32.2. The number of hydrogen-bond donors (Lipinski definition) is 3. The van der Waals surface area contributed by atoms with E-state index in [1.54, 1.807) is 26.0 Å². The van der Waals surface area contributed by atoms with Crippen LogP contribution in [-0.2, 0) is 10.1 Å². The third kappa shape index (κ3) is 3.76. The van der Waals surface area contributed by atoms with Gasteiger partial charge < -0.3 is 10.4 Å². The lowest BCUT2D eigenvalue weighted by molar-refractivity contribution is 0.482. The number of hydrogen-bond acceptors (Lipinski definition) is 6. The molecule has 3 N–H and O–H groups in total. The van der Waals surface area contributed by atoms with Crippen LogP contribution in [0.3, 0.4) is 0 Å². The van der Waals surface area contributed by atoms with Crippen molar-refractivity contribution in [2.45, 2.75) is 18.7 Å². The first kappa shape index (κ1) is 18.8. The van der Waals surface area contributed by atoms with Gasteiger partial charge in [0.15, 0.2) is 5.75 Å². The summed E-state index contributed by atoms with van der Waals surface area (Å²) in [5.41, 5.74) is 2.48. The molecule has 0 saturated carbocycles. The van der Waals surface area contributed by atoms with Crippen molar-refractivity contribution in [2.24, 2.45) is 10.2 Å². The zero-order valence-electron chi connectivity index (χ0n) is 15.1. The second-order valence-electron chi connectivity index (χ2n) is 6.22. The van der Waals surface area contributed by atoms with Crippen molar-refractivity contribution in [2.75, 3.05) is 12.4 Å². The molecule has 0 spiro atoms. The predicted octanol–water partition coefficient (Wildman–Crippen LogP) is 4.87. The van der Waals surface area contributed by atoms with Crippen molar-refractivity contribution >= 4 is 38.0 Å². The number of phenols is 1. The Labute approximate surface area is 157 Å². The summed E-state index contributed by atoms with van der Waals surface area (Å²) in [5, 5.41) is 23.1. The fraction of sp³-hybridized carbons (Fsp3) is 0.158. The summed E-state index contributed by atoms with van der Waals surface area (Å²) in [5.74, 6) is -0.0445. The maximum Gasteiger partial charge on any atom is 0.296 e. The van der Waals surface area contributed by atoms with Gasteiger partial charge in [0.1, 0.15) is 16.3 Å². The second kappa shape index (κ2) is 6.98. The molecule has 3 rings (SSSR count). The van der Waals surface area contributed by atoms with Crippen LogP contribution < -0.4 is 5.32 Å². The van der Waals surface area contributed by atoms with Crippen LogP contribution in [-0.4, -0.2) is 25.1 Å². The molecule has 0 amide bonds. The number of azo groups is 1. The summed E-state index contributed by atoms with van der Waals surface area (Å²) in [6.07, 6.45) is 0. The maximum absolute atomic E-state index is 11.6. The number of aryl methyl sites for hydroxylation is 2. The molecule has 27 heavy (non-hydrogen) atoms. The second-order valence-corrected chi connectivity index (χ2v) is 7.61. The minimum atomic E-state index is -4.45. The Bertz CT molecular complexity index is 1170. The first-order valence-electron chi connectivity index (χ1n) is 8.14. The van der Waals surface area contributed by atoms with Crippen LogP contribution in [0.2, 0.25) is 0 Å². The van der Waals surface area contributed by atoms with E-state index in [-0.39, 0.29) is 22.0 Å². The van der Waals surface area contributed by atoms with Crippen LogP contribution in [0.15, 0.2) is 57.6 Å². The van der Waals surface area contributed by atoms with Crippen molar-refractivity contribution in [1.82, 2.24) is 0 Å². The Morgan fingerprint density at radius 1 is 1.00 bits per heavy atom. The third-order valence-corrected chi connectivity index (χ3v) is 5.10. The Kier molecular flexibility index (Phi) is 4.86. The monoisotopic (exact) mass is 385 g/mol. The molecule has 0 aliphatic carbocycles. The lowest BCUT2D eigenvalue weighted by Crippen LogP contribution is -1.98. The van der Waals surface area contributed by atoms with Gasteiger partial charge in [-0.15, -0.1) is 10.2 Å². The zero-order chi connectivity index (χ0) is 19.8. The number of anilines is 1. The van der Waals surface area contributed by atoms with E-state index in [1.165, 1.54) is 12.1 Å². The molecule has 0 aliphatic rings. The molecular formula is C19H19N3O4S. The first-order valence-corrected chi connectivity index (χ1v) is 9.58. The molecule has 0 heterocycles. The van der Waals surface area contributed by atoms with Crippen molar-refractivity contribution in [1.29, 1.82) is 0 Å². The van der Waals surface area contributed by atoms with Gasteiger partial charge in [0.2, 0.25) is 0 Å². The van der Waals surface area contributed by atoms with Crippen molar-refractivity contribution < 1.29 is 18.1 Å². The summed E-state index contributed by atoms with van der Waals surface area (Å²) in [6, 6.07) is 11.8. The van der Waals surface area contributed by atoms with Crippen LogP contribution in [0.1, 0.15) is 11.1 Å². The van der Waals surface area contributed by atoms with E-state index in [1.807, 2.05) is 25.2 Å². The minimum Gasteiger partial charge on any atom is -0.505 e. The number of nitrogens with zero attached hydrogens (tertiary/aromatic N) is 2. The number of fused-ring (bicyclic) bond motifs is 1. The van der Waals surface area contributed by atoms with E-state index in [0.717, 1.165) is 11.1 Å². The number of aromatic hydroxyl groups is 1. The van der Waals surface area contributed by atoms with Crippen molar-refractivity contribution in [3.8, 4) is 5.75 Å². The highest BCUT2D eigenvalue weighted by molar-refractivity contribution is 7.86. The number of nitrogens with one attached hydrogen (secondary N) is 1. The number of benzene rings is 3. The minimum absolute atomic E-state index is 0.00692. The van der Waals surface area contributed by atoms with Crippen LogP contribution >= 0.6 is 0 Å². The predicted molar refractivity (Wildman–Crippen MR) is 105 cm³/mol. The summed E-state index contributed by atoms with van der Waals surface area (Å²) >= 11 is 0. The van der Waals surface area contributed by atoms with Crippen molar-refractivity contribution in [3.05, 3.63) is 53.6 Å². The summed E-state index contributed by atoms with van der Waals surface area (Å²) < 4.78 is 32.6. The normalized spacial score (nSPS) is 12.0. The van der Waals surface area contributed by atoms with Gasteiger partial charge in [-0.3, -0.25) is 4.55 Å². The maximum atomic E-state index is 11.6. The summed E-state index contributed by atoms with van der Waals surface area (Å²) in [6.45, 7) is 3.48. The molecule has 7 nitrogen and oxygen atoms in total. The molecule has 0 unspecified atom stereocenters. The molecule has 140 valence electrons. The molecule has 0 fully saturated rings. The van der Waals surface area contributed by atoms with E-state index >= 15 is 0 Å². The smallest absolute Gasteiger partial charge is 0.296 e. The molecule has 0 atom stereocenters. The number of phenolic OH excluding ortho intramolecular Hbond substituents is 1. The van der Waals surface area contributed by atoms with Gasteiger partial charge in [-0.2, -0.15) is 8.42 Å². The van der Waals surface area contributed by atoms with E-state index in [4.69, 9.17) is 0 Å². The first-order chi connectivity index (χ1) is 12.7. The van der Waals surface area contributed by atoms with Crippen LogP contribution in [0.4, 0.5) is 17.1 Å². The van der Waals surface area contributed by atoms with Gasteiger partial charge in [-0.1, -0.05) is 6.07 Å². The van der Waals surface area contributed by atoms with Gasteiger partial charge in [0.05, 0.1) is 0 Å². The highest BCUT2D eigenvalue weighted by Gasteiger charge is 2.16. The van der Waals surface area contributed by atoms with E-state index in [0.29, 0.717) is 16.5 Å². The quantitative estimate of drug-likeness (QED) is 0.438. The Morgan fingerprint density at radius 2 is 1.74 bits per heavy atom. The van der Waals surface area contributed by atoms with Crippen LogP contribution in [0.25, 0.3) is 10.8 Å². The molecule has 0 radical (unpaired) electrons. The lowest BCUT2D eigenvalue weighted by Gasteiger charge is -2.09. The fourth-order valence-corrected chi connectivity index (χ4v) is 3.52. The van der Waals surface area contributed by atoms with Gasteiger partial charge in [0.25, 0.3) is 10.1 Å². The largest absolute Gasteiger partial charge is 0.505 e. The Morgan fingerprint density at radius 3 is 2.41 bits per heavy atom. The molecule has 0 saturated heterocycles. The molecular weight excluding hydrogens is 366 g/mol. The van der Waals surface area contributed by atoms with Gasteiger partial charge >= 0.3 is 0 Å². The molecule has 3 aromatic rings. The average molecular weight is 385 g/mol. The third-order valence-electron chi connectivity index (χ3n) is 4.22. The molecule has 8 heteroatoms. The Hall–Kier alpha value is -2.97. The van der Waals surface area contributed by atoms with Gasteiger partial charge in [0, 0.05) is 18.1 Å². The van der Waals surface area contributed by atoms with E-state index in [2.05, 4.69) is 15.5 Å². The molecule has 0 aromatic heterocycles. The topological polar surface area (TPSA) is 111 Å². The SMILES string of the molecule is CNc1ccc2c(O)c(N=Nc3ccc(C)cc3S(=O)(=O)O)c(C)cc2c1. The van der Waals surface area contributed by atoms with Crippen LogP contribution in [0, 0.1) is 13.8 Å². The average Bonchev–Trinajstić information content (AvgIpc) is 2.61. The number of rotatable bonds is 4. The van der Waals surface area contributed by atoms with Crippen LogP contribution in [0.5, 0.6) is 5.75 Å². The fourth-order valence-electron chi connectivity index (χ4n) is 2.81. The van der Waals surface area contributed by atoms with Gasteiger partial charge in [-0.05, 0) is 66.8 Å².